The maximum atomic E-state index is 13.4. The van der Waals surface area contributed by atoms with Crippen LogP contribution >= 0.6 is 0 Å². The first-order valence-corrected chi connectivity index (χ1v) is 11.2. The quantitative estimate of drug-likeness (QED) is 0.650. The molecule has 0 fully saturated rings. The van der Waals surface area contributed by atoms with Gasteiger partial charge in [-0.25, -0.2) is 13.1 Å². The van der Waals surface area contributed by atoms with Crippen LogP contribution in [0.1, 0.15) is 38.3 Å². The molecule has 0 saturated carbocycles. The van der Waals surface area contributed by atoms with Crippen molar-refractivity contribution in [3.63, 3.8) is 0 Å². The summed E-state index contributed by atoms with van der Waals surface area (Å²) in [6, 6.07) is 9.85. The van der Waals surface area contributed by atoms with Crippen molar-refractivity contribution in [3.8, 4) is 5.69 Å². The van der Waals surface area contributed by atoms with Gasteiger partial charge in [-0.15, -0.1) is 0 Å². The number of hydrogen-bond donors (Lipinski definition) is 1. The zero-order valence-electron chi connectivity index (χ0n) is 16.6. The van der Waals surface area contributed by atoms with Crippen molar-refractivity contribution in [1.82, 2.24) is 9.78 Å². The van der Waals surface area contributed by atoms with Crippen LogP contribution in [0, 0.1) is 13.8 Å². The van der Waals surface area contributed by atoms with Gasteiger partial charge in [0.25, 0.3) is 5.91 Å². The third kappa shape index (κ3) is 3.83. The predicted octanol–water partition coefficient (Wildman–Crippen LogP) is 4.19. The highest BCUT2D eigenvalue weighted by atomic mass is 32.2. The van der Waals surface area contributed by atoms with E-state index in [1.165, 1.54) is 16.8 Å². The Bertz CT molecular complexity index is 1310. The average molecular weight is 449 g/mol. The minimum atomic E-state index is -4.72. The van der Waals surface area contributed by atoms with Crippen LogP contribution in [0.15, 0.2) is 42.5 Å². The molecule has 1 aliphatic heterocycles. The average Bonchev–Trinajstić information content (AvgIpc) is 3.15. The molecular weight excluding hydrogens is 431 g/mol. The summed E-state index contributed by atoms with van der Waals surface area (Å²) in [6.45, 7) is 3.73. The molecule has 2 aromatic carbocycles. The first-order chi connectivity index (χ1) is 14.5. The zero-order valence-corrected chi connectivity index (χ0v) is 17.4. The molecule has 2 heterocycles. The van der Waals surface area contributed by atoms with Crippen LogP contribution in [0.25, 0.3) is 5.69 Å². The number of sulfone groups is 1. The molecule has 0 spiro atoms. The van der Waals surface area contributed by atoms with Crippen LogP contribution in [-0.4, -0.2) is 24.1 Å². The summed E-state index contributed by atoms with van der Waals surface area (Å²) in [5, 5.41) is 6.88. The van der Waals surface area contributed by atoms with Crippen LogP contribution in [0.3, 0.4) is 0 Å². The number of rotatable bonds is 3. The summed E-state index contributed by atoms with van der Waals surface area (Å²) >= 11 is 0. The van der Waals surface area contributed by atoms with Gasteiger partial charge in [-0.3, -0.25) is 4.79 Å². The number of alkyl halides is 3. The van der Waals surface area contributed by atoms with Crippen molar-refractivity contribution in [2.24, 2.45) is 0 Å². The standard InChI is InChI=1S/C21H18F3N3O3S/c1-12-6-5-9-18(13(12)2)27-19(15-10-31(29,30)11-17(15)26-27)25-20(28)14-7-3-4-8-16(14)21(22,23)24/h3-9H,10-11H2,1-2H3,(H,25,28). The maximum Gasteiger partial charge on any atom is 0.417 e. The Morgan fingerprint density at radius 1 is 1.06 bits per heavy atom. The molecule has 4 rings (SSSR count). The molecule has 1 amide bonds. The SMILES string of the molecule is Cc1cccc(-n2nc3c(c2NC(=O)c2ccccc2C(F)(F)F)CS(=O)(=O)C3)c1C. The van der Waals surface area contributed by atoms with Crippen LogP contribution < -0.4 is 5.32 Å². The Morgan fingerprint density at radius 3 is 2.48 bits per heavy atom. The van der Waals surface area contributed by atoms with Gasteiger partial charge < -0.3 is 5.32 Å². The van der Waals surface area contributed by atoms with Gasteiger partial charge in [0.15, 0.2) is 9.84 Å². The number of hydrogen-bond acceptors (Lipinski definition) is 4. The zero-order chi connectivity index (χ0) is 22.6. The number of halogens is 3. The number of benzene rings is 2. The molecular formula is C21H18F3N3O3S. The number of aryl methyl sites for hydroxylation is 1. The smallest absolute Gasteiger partial charge is 0.306 e. The normalized spacial score (nSPS) is 15.0. The third-order valence-electron chi connectivity index (χ3n) is 5.30. The fraction of sp³-hybridized carbons (Fsp3) is 0.238. The lowest BCUT2D eigenvalue weighted by Crippen LogP contribution is -2.21. The number of amides is 1. The maximum absolute atomic E-state index is 13.4. The van der Waals surface area contributed by atoms with E-state index in [2.05, 4.69) is 10.4 Å². The van der Waals surface area contributed by atoms with E-state index >= 15 is 0 Å². The molecule has 0 bridgehead atoms. The molecule has 0 unspecified atom stereocenters. The number of nitrogens with one attached hydrogen (secondary N) is 1. The van der Waals surface area contributed by atoms with Crippen LogP contribution in [0.5, 0.6) is 0 Å². The Kier molecular flexibility index (Phi) is 4.92. The summed E-state index contributed by atoms with van der Waals surface area (Å²) in [6.07, 6.45) is -4.72. The molecule has 0 saturated heterocycles. The van der Waals surface area contributed by atoms with E-state index in [0.29, 0.717) is 11.3 Å². The summed E-state index contributed by atoms with van der Waals surface area (Å²) in [7, 11) is -3.44. The largest absolute Gasteiger partial charge is 0.417 e. The van der Waals surface area contributed by atoms with Gasteiger partial charge in [0.1, 0.15) is 5.82 Å². The molecule has 1 N–H and O–H groups in total. The molecule has 10 heteroatoms. The number of fused-ring (bicyclic) bond motifs is 1. The second kappa shape index (κ2) is 7.23. The Hall–Kier alpha value is -3.14. The van der Waals surface area contributed by atoms with Crippen molar-refractivity contribution < 1.29 is 26.4 Å². The summed E-state index contributed by atoms with van der Waals surface area (Å²) in [4.78, 5) is 12.9. The number of nitrogens with zero attached hydrogens (tertiary/aromatic N) is 2. The Labute approximate surface area is 176 Å². The highest BCUT2D eigenvalue weighted by Gasteiger charge is 2.37. The van der Waals surface area contributed by atoms with E-state index in [1.54, 1.807) is 12.1 Å². The fourth-order valence-electron chi connectivity index (χ4n) is 3.61. The number of carbonyl (C=O) groups is 1. The van der Waals surface area contributed by atoms with Crippen molar-refractivity contribution in [2.75, 3.05) is 5.32 Å². The molecule has 1 aliphatic rings. The lowest BCUT2D eigenvalue weighted by Gasteiger charge is -2.16. The second-order valence-corrected chi connectivity index (χ2v) is 9.50. The summed E-state index contributed by atoms with van der Waals surface area (Å²) in [5.41, 5.74) is 1.33. The van der Waals surface area contributed by atoms with Crippen molar-refractivity contribution in [1.29, 1.82) is 0 Å². The summed E-state index contributed by atoms with van der Waals surface area (Å²) in [5.74, 6) is -1.57. The van der Waals surface area contributed by atoms with Gasteiger partial charge in [-0.2, -0.15) is 18.3 Å². The van der Waals surface area contributed by atoms with Crippen molar-refractivity contribution in [3.05, 3.63) is 76.0 Å². The van der Waals surface area contributed by atoms with E-state index in [-0.39, 0.29) is 23.0 Å². The molecule has 31 heavy (non-hydrogen) atoms. The lowest BCUT2D eigenvalue weighted by molar-refractivity contribution is -0.137. The van der Waals surface area contributed by atoms with Gasteiger partial charge in [0.05, 0.1) is 34.0 Å². The van der Waals surface area contributed by atoms with Gasteiger partial charge in [-0.1, -0.05) is 24.3 Å². The number of aromatic nitrogens is 2. The molecule has 162 valence electrons. The van der Waals surface area contributed by atoms with Crippen molar-refractivity contribution in [2.45, 2.75) is 31.5 Å². The number of anilines is 1. The van der Waals surface area contributed by atoms with Crippen molar-refractivity contribution >= 4 is 21.6 Å². The summed E-state index contributed by atoms with van der Waals surface area (Å²) < 4.78 is 65.7. The molecule has 6 nitrogen and oxygen atoms in total. The second-order valence-electron chi connectivity index (χ2n) is 7.43. The van der Waals surface area contributed by atoms with Gasteiger partial charge in [-0.05, 0) is 43.2 Å². The fourth-order valence-corrected chi connectivity index (χ4v) is 5.11. The first kappa shape index (κ1) is 21.1. The Morgan fingerprint density at radius 2 is 1.77 bits per heavy atom. The molecule has 1 aromatic heterocycles. The van der Waals surface area contributed by atoms with Crippen LogP contribution in [-0.2, 0) is 27.5 Å². The van der Waals surface area contributed by atoms with Gasteiger partial charge in [0, 0.05) is 5.56 Å². The highest BCUT2D eigenvalue weighted by Crippen LogP contribution is 2.36. The van der Waals surface area contributed by atoms with E-state index < -0.39 is 33.0 Å². The molecule has 0 aliphatic carbocycles. The molecule has 0 radical (unpaired) electrons. The van der Waals surface area contributed by atoms with Gasteiger partial charge >= 0.3 is 6.18 Å². The molecule has 0 atom stereocenters. The highest BCUT2D eigenvalue weighted by molar-refractivity contribution is 7.90. The Balaban J connectivity index is 1.84. The van der Waals surface area contributed by atoms with E-state index in [9.17, 15) is 26.4 Å². The first-order valence-electron chi connectivity index (χ1n) is 9.33. The monoisotopic (exact) mass is 449 g/mol. The number of carbonyl (C=O) groups excluding carboxylic acids is 1. The minimum absolute atomic E-state index is 0.0618. The lowest BCUT2D eigenvalue weighted by atomic mass is 10.1. The van der Waals surface area contributed by atoms with Crippen LogP contribution in [0.4, 0.5) is 19.0 Å². The molecule has 3 aromatic rings. The topological polar surface area (TPSA) is 81.1 Å². The van der Waals surface area contributed by atoms with E-state index in [1.807, 2.05) is 19.9 Å². The third-order valence-corrected chi connectivity index (χ3v) is 6.74. The van der Waals surface area contributed by atoms with Gasteiger partial charge in [0.2, 0.25) is 0 Å². The minimum Gasteiger partial charge on any atom is -0.306 e. The van der Waals surface area contributed by atoms with Crippen LogP contribution in [0.2, 0.25) is 0 Å². The van der Waals surface area contributed by atoms with E-state index in [4.69, 9.17) is 0 Å². The van der Waals surface area contributed by atoms with E-state index in [0.717, 1.165) is 23.3 Å². The predicted molar refractivity (Wildman–Crippen MR) is 109 cm³/mol.